The van der Waals surface area contributed by atoms with Gasteiger partial charge in [-0.2, -0.15) is 8.78 Å². The van der Waals surface area contributed by atoms with Gasteiger partial charge in [-0.1, -0.05) is 6.07 Å². The second-order valence-electron chi connectivity index (χ2n) is 2.99. The summed E-state index contributed by atoms with van der Waals surface area (Å²) in [4.78, 5) is 10.8. The Morgan fingerprint density at radius 2 is 2.13 bits per heavy atom. The zero-order valence-electron chi connectivity index (χ0n) is 8.38. The van der Waals surface area contributed by atoms with Crippen LogP contribution >= 0.6 is 0 Å². The first-order valence-corrected chi connectivity index (χ1v) is 4.28. The number of methoxy groups -OCH3 is 1. The molecule has 1 aromatic rings. The molecule has 0 aliphatic carbocycles. The van der Waals surface area contributed by atoms with Crippen molar-refractivity contribution >= 4 is 11.6 Å². The van der Waals surface area contributed by atoms with E-state index >= 15 is 0 Å². The number of halogens is 2. The highest BCUT2D eigenvalue weighted by Gasteiger charge is 2.16. The van der Waals surface area contributed by atoms with E-state index in [0.29, 0.717) is 5.75 Å². The molecule has 1 aromatic carbocycles. The highest BCUT2D eigenvalue weighted by Crippen LogP contribution is 2.25. The Morgan fingerprint density at radius 3 is 2.67 bits per heavy atom. The minimum Gasteiger partial charge on any atom is -0.495 e. The van der Waals surface area contributed by atoms with Gasteiger partial charge < -0.3 is 10.1 Å². The van der Waals surface area contributed by atoms with E-state index in [0.717, 1.165) is 5.56 Å². The van der Waals surface area contributed by atoms with Gasteiger partial charge in [0.15, 0.2) is 0 Å². The third-order valence-electron chi connectivity index (χ3n) is 1.81. The maximum absolute atomic E-state index is 12.0. The molecule has 82 valence electrons. The van der Waals surface area contributed by atoms with E-state index in [1.54, 1.807) is 25.1 Å². The lowest BCUT2D eigenvalue weighted by Crippen LogP contribution is -2.20. The van der Waals surface area contributed by atoms with Gasteiger partial charge in [0.2, 0.25) is 0 Å². The summed E-state index contributed by atoms with van der Waals surface area (Å²) in [5, 5.41) is 2.09. The number of carbonyl (C=O) groups is 1. The minimum atomic E-state index is -3.03. The summed E-state index contributed by atoms with van der Waals surface area (Å²) in [5.74, 6) is -0.978. The van der Waals surface area contributed by atoms with Crippen LogP contribution in [0.4, 0.5) is 14.5 Å². The Bertz CT molecular complexity index is 366. The molecule has 0 radical (unpaired) electrons. The summed E-state index contributed by atoms with van der Waals surface area (Å²) in [5.41, 5.74) is 1.10. The van der Waals surface area contributed by atoms with E-state index in [-0.39, 0.29) is 5.69 Å². The minimum absolute atomic E-state index is 0.253. The van der Waals surface area contributed by atoms with Crippen LogP contribution in [0.15, 0.2) is 18.2 Å². The first kappa shape index (κ1) is 11.4. The molecule has 0 bridgehead atoms. The Morgan fingerprint density at radius 1 is 1.47 bits per heavy atom. The molecular weight excluding hydrogens is 204 g/mol. The van der Waals surface area contributed by atoms with Crippen molar-refractivity contribution in [2.45, 2.75) is 13.3 Å². The van der Waals surface area contributed by atoms with Crippen molar-refractivity contribution < 1.29 is 18.3 Å². The first-order chi connectivity index (χ1) is 7.04. The lowest BCUT2D eigenvalue weighted by molar-refractivity contribution is -0.126. The van der Waals surface area contributed by atoms with Gasteiger partial charge in [0.05, 0.1) is 12.8 Å². The Labute approximate surface area is 86.0 Å². The van der Waals surface area contributed by atoms with E-state index in [1.807, 2.05) is 0 Å². The molecule has 0 heterocycles. The predicted octanol–water partition coefficient (Wildman–Crippen LogP) is 2.21. The quantitative estimate of drug-likeness (QED) is 0.839. The van der Waals surface area contributed by atoms with Crippen molar-refractivity contribution in [1.82, 2.24) is 0 Å². The molecular formula is C10H11F2NO2. The van der Waals surface area contributed by atoms with Gasteiger partial charge in [-0.25, -0.2) is 0 Å². The second kappa shape index (κ2) is 4.72. The molecule has 0 aliphatic rings. The van der Waals surface area contributed by atoms with Gasteiger partial charge in [-0.05, 0) is 24.6 Å². The average molecular weight is 215 g/mol. The van der Waals surface area contributed by atoms with Crippen molar-refractivity contribution in [3.05, 3.63) is 23.8 Å². The number of hydrogen-bond acceptors (Lipinski definition) is 2. The first-order valence-electron chi connectivity index (χ1n) is 4.28. The normalized spacial score (nSPS) is 10.2. The Kier molecular flexibility index (Phi) is 3.60. The summed E-state index contributed by atoms with van der Waals surface area (Å²) in [6, 6.07) is 4.94. The van der Waals surface area contributed by atoms with Crippen molar-refractivity contribution in [3.63, 3.8) is 0 Å². The van der Waals surface area contributed by atoms with Crippen LogP contribution in [0.2, 0.25) is 0 Å². The lowest BCUT2D eigenvalue weighted by atomic mass is 10.2. The highest BCUT2D eigenvalue weighted by molar-refractivity contribution is 5.94. The van der Waals surface area contributed by atoms with Gasteiger partial charge in [0, 0.05) is 0 Å². The molecule has 0 fully saturated rings. The van der Waals surface area contributed by atoms with Crippen molar-refractivity contribution in [1.29, 1.82) is 0 Å². The predicted molar refractivity (Wildman–Crippen MR) is 52.4 cm³/mol. The monoisotopic (exact) mass is 215 g/mol. The van der Waals surface area contributed by atoms with Crippen LogP contribution in [-0.4, -0.2) is 19.4 Å². The summed E-state index contributed by atoms with van der Waals surface area (Å²) < 4.78 is 28.9. The second-order valence-corrected chi connectivity index (χ2v) is 2.99. The molecule has 0 aromatic heterocycles. The molecule has 1 amide bonds. The van der Waals surface area contributed by atoms with Gasteiger partial charge >= 0.3 is 6.43 Å². The molecule has 5 heteroatoms. The Hall–Kier alpha value is -1.65. The van der Waals surface area contributed by atoms with Gasteiger partial charge in [-0.3, -0.25) is 4.79 Å². The average Bonchev–Trinajstić information content (AvgIpc) is 2.18. The summed E-state index contributed by atoms with van der Waals surface area (Å²) >= 11 is 0. The zero-order valence-corrected chi connectivity index (χ0v) is 8.38. The SMILES string of the molecule is COc1ccc(C)cc1NC(=O)C(F)F. The molecule has 3 nitrogen and oxygen atoms in total. The number of alkyl halides is 2. The highest BCUT2D eigenvalue weighted by atomic mass is 19.3. The van der Waals surface area contributed by atoms with E-state index in [2.05, 4.69) is 5.32 Å². The van der Waals surface area contributed by atoms with Crippen LogP contribution in [0.3, 0.4) is 0 Å². The van der Waals surface area contributed by atoms with Crippen LogP contribution in [0.1, 0.15) is 5.56 Å². The maximum Gasteiger partial charge on any atom is 0.315 e. The maximum atomic E-state index is 12.0. The van der Waals surface area contributed by atoms with Crippen molar-refractivity contribution in [2.24, 2.45) is 0 Å². The molecule has 0 aliphatic heterocycles. The number of ether oxygens (including phenoxy) is 1. The van der Waals surface area contributed by atoms with E-state index in [1.165, 1.54) is 7.11 Å². The number of rotatable bonds is 3. The smallest absolute Gasteiger partial charge is 0.315 e. The summed E-state index contributed by atoms with van der Waals surface area (Å²) in [6.45, 7) is 1.79. The van der Waals surface area contributed by atoms with E-state index in [9.17, 15) is 13.6 Å². The zero-order chi connectivity index (χ0) is 11.4. The summed E-state index contributed by atoms with van der Waals surface area (Å²) in [6.07, 6.45) is -3.03. The van der Waals surface area contributed by atoms with Gasteiger partial charge in [-0.15, -0.1) is 0 Å². The van der Waals surface area contributed by atoms with Crippen LogP contribution in [0.5, 0.6) is 5.75 Å². The van der Waals surface area contributed by atoms with Crippen molar-refractivity contribution in [3.8, 4) is 5.75 Å². The molecule has 0 atom stereocenters. The number of carbonyl (C=O) groups excluding carboxylic acids is 1. The van der Waals surface area contributed by atoms with Crippen molar-refractivity contribution in [2.75, 3.05) is 12.4 Å². The van der Waals surface area contributed by atoms with Crippen LogP contribution in [0, 0.1) is 6.92 Å². The molecule has 0 spiro atoms. The third-order valence-corrected chi connectivity index (χ3v) is 1.81. The van der Waals surface area contributed by atoms with Crippen LogP contribution < -0.4 is 10.1 Å². The lowest BCUT2D eigenvalue weighted by Gasteiger charge is -2.10. The number of benzene rings is 1. The molecule has 1 rings (SSSR count). The molecule has 0 unspecified atom stereocenters. The Balaban J connectivity index is 2.92. The number of nitrogens with one attached hydrogen (secondary N) is 1. The fraction of sp³-hybridized carbons (Fsp3) is 0.300. The molecule has 0 saturated heterocycles. The van der Waals surface area contributed by atoms with Gasteiger partial charge in [0.25, 0.3) is 5.91 Å². The third kappa shape index (κ3) is 2.90. The standard InChI is InChI=1S/C10H11F2NO2/c1-6-3-4-8(15-2)7(5-6)13-10(14)9(11)12/h3-5,9H,1-2H3,(H,13,14). The number of anilines is 1. The van der Waals surface area contributed by atoms with Gasteiger partial charge in [0.1, 0.15) is 5.75 Å². The number of aryl methyl sites for hydroxylation is 1. The number of hydrogen-bond donors (Lipinski definition) is 1. The molecule has 0 saturated carbocycles. The fourth-order valence-electron chi connectivity index (χ4n) is 1.11. The number of amides is 1. The fourth-order valence-corrected chi connectivity index (χ4v) is 1.11. The topological polar surface area (TPSA) is 38.3 Å². The van der Waals surface area contributed by atoms with Crippen LogP contribution in [-0.2, 0) is 4.79 Å². The summed E-state index contributed by atoms with van der Waals surface area (Å²) in [7, 11) is 1.41. The van der Waals surface area contributed by atoms with E-state index < -0.39 is 12.3 Å². The van der Waals surface area contributed by atoms with E-state index in [4.69, 9.17) is 4.74 Å². The largest absolute Gasteiger partial charge is 0.495 e. The molecule has 1 N–H and O–H groups in total. The van der Waals surface area contributed by atoms with Crippen LogP contribution in [0.25, 0.3) is 0 Å². The molecule has 15 heavy (non-hydrogen) atoms.